The number of hydrazone groups is 1. The molecular weight excluding hydrogens is 220 g/mol. The SMILES string of the molecule is CC(=NNC(=O)OC(C)(C)C)c1ccnnc1. The Balaban J connectivity index is 2.57. The lowest BCUT2D eigenvalue weighted by Gasteiger charge is -2.18. The first-order valence-electron chi connectivity index (χ1n) is 5.19. The summed E-state index contributed by atoms with van der Waals surface area (Å²) < 4.78 is 5.04. The molecule has 1 aromatic rings. The van der Waals surface area contributed by atoms with Crippen LogP contribution < -0.4 is 5.43 Å². The molecule has 0 bridgehead atoms. The minimum atomic E-state index is -0.584. The fourth-order valence-electron chi connectivity index (χ4n) is 1.000. The van der Waals surface area contributed by atoms with Crippen LogP contribution in [0.2, 0.25) is 0 Å². The van der Waals surface area contributed by atoms with Crippen molar-refractivity contribution in [2.45, 2.75) is 33.3 Å². The summed E-state index contributed by atoms with van der Waals surface area (Å²) in [5.41, 5.74) is 3.20. The lowest BCUT2D eigenvalue weighted by atomic mass is 10.2. The maximum absolute atomic E-state index is 11.3. The van der Waals surface area contributed by atoms with Gasteiger partial charge >= 0.3 is 6.09 Å². The molecule has 0 aliphatic heterocycles. The molecule has 0 saturated heterocycles. The van der Waals surface area contributed by atoms with E-state index in [1.54, 1.807) is 46.2 Å². The van der Waals surface area contributed by atoms with Crippen LogP contribution in [0, 0.1) is 0 Å². The number of nitrogens with zero attached hydrogens (tertiary/aromatic N) is 3. The Morgan fingerprint density at radius 2 is 2.12 bits per heavy atom. The third-order valence-corrected chi connectivity index (χ3v) is 1.72. The van der Waals surface area contributed by atoms with Gasteiger partial charge in [-0.2, -0.15) is 15.3 Å². The van der Waals surface area contributed by atoms with Gasteiger partial charge in [-0.1, -0.05) is 0 Å². The highest BCUT2D eigenvalue weighted by atomic mass is 16.6. The maximum Gasteiger partial charge on any atom is 0.428 e. The van der Waals surface area contributed by atoms with E-state index >= 15 is 0 Å². The van der Waals surface area contributed by atoms with Crippen LogP contribution in [0.1, 0.15) is 33.3 Å². The molecule has 6 heteroatoms. The molecular formula is C11H16N4O2. The van der Waals surface area contributed by atoms with Gasteiger partial charge in [0.25, 0.3) is 0 Å². The molecule has 6 nitrogen and oxygen atoms in total. The first-order chi connectivity index (χ1) is 7.88. The highest BCUT2D eigenvalue weighted by Gasteiger charge is 2.15. The van der Waals surface area contributed by atoms with E-state index < -0.39 is 11.7 Å². The minimum Gasteiger partial charge on any atom is -0.443 e. The van der Waals surface area contributed by atoms with E-state index in [0.717, 1.165) is 5.56 Å². The molecule has 1 rings (SSSR count). The normalized spacial score (nSPS) is 12.1. The van der Waals surface area contributed by atoms with Gasteiger partial charge in [0.15, 0.2) is 0 Å². The Morgan fingerprint density at radius 3 is 2.65 bits per heavy atom. The lowest BCUT2D eigenvalue weighted by Crippen LogP contribution is -2.30. The second kappa shape index (κ2) is 5.38. The number of aromatic nitrogens is 2. The highest BCUT2D eigenvalue weighted by molar-refractivity contribution is 5.98. The monoisotopic (exact) mass is 236 g/mol. The lowest BCUT2D eigenvalue weighted by molar-refractivity contribution is 0.0529. The largest absolute Gasteiger partial charge is 0.443 e. The molecule has 0 radical (unpaired) electrons. The Kier molecular flexibility index (Phi) is 4.14. The van der Waals surface area contributed by atoms with Crippen molar-refractivity contribution in [3.63, 3.8) is 0 Å². The van der Waals surface area contributed by atoms with Crippen molar-refractivity contribution in [1.29, 1.82) is 0 Å². The molecule has 0 atom stereocenters. The smallest absolute Gasteiger partial charge is 0.428 e. The van der Waals surface area contributed by atoms with Gasteiger partial charge < -0.3 is 4.74 Å². The Morgan fingerprint density at radius 1 is 1.41 bits per heavy atom. The molecule has 0 unspecified atom stereocenters. The van der Waals surface area contributed by atoms with Crippen molar-refractivity contribution in [2.75, 3.05) is 0 Å². The average Bonchev–Trinajstić information content (AvgIpc) is 2.25. The van der Waals surface area contributed by atoms with E-state index in [0.29, 0.717) is 5.71 Å². The van der Waals surface area contributed by atoms with E-state index in [2.05, 4.69) is 20.7 Å². The minimum absolute atomic E-state index is 0.536. The van der Waals surface area contributed by atoms with Crippen LogP contribution in [0.25, 0.3) is 0 Å². The van der Waals surface area contributed by atoms with E-state index in [9.17, 15) is 4.79 Å². The zero-order valence-electron chi connectivity index (χ0n) is 10.4. The van der Waals surface area contributed by atoms with Crippen LogP contribution in [0.4, 0.5) is 4.79 Å². The fraction of sp³-hybridized carbons (Fsp3) is 0.455. The Bertz CT molecular complexity index is 409. The summed E-state index contributed by atoms with van der Waals surface area (Å²) in [7, 11) is 0. The van der Waals surface area contributed by atoms with Gasteiger partial charge in [0.1, 0.15) is 5.60 Å². The number of ether oxygens (including phenoxy) is 1. The first-order valence-corrected chi connectivity index (χ1v) is 5.19. The predicted molar refractivity (Wildman–Crippen MR) is 63.6 cm³/mol. The third-order valence-electron chi connectivity index (χ3n) is 1.72. The second-order valence-corrected chi connectivity index (χ2v) is 4.44. The molecule has 0 fully saturated rings. The number of nitrogens with one attached hydrogen (secondary N) is 1. The molecule has 0 aliphatic carbocycles. The number of carbonyl (C=O) groups is 1. The Hall–Kier alpha value is -1.98. The molecule has 17 heavy (non-hydrogen) atoms. The number of amides is 1. The zero-order chi connectivity index (χ0) is 12.9. The van der Waals surface area contributed by atoms with Crippen molar-refractivity contribution in [2.24, 2.45) is 5.10 Å². The summed E-state index contributed by atoms with van der Waals surface area (Å²) in [5.74, 6) is 0. The molecule has 1 heterocycles. The number of hydrogen-bond donors (Lipinski definition) is 1. The summed E-state index contributed by atoms with van der Waals surface area (Å²) in [5, 5.41) is 11.3. The summed E-state index contributed by atoms with van der Waals surface area (Å²) in [6, 6.07) is 1.75. The molecule has 1 aromatic heterocycles. The van der Waals surface area contributed by atoms with E-state index in [1.165, 1.54) is 0 Å². The summed E-state index contributed by atoms with van der Waals surface area (Å²) >= 11 is 0. The van der Waals surface area contributed by atoms with Crippen molar-refractivity contribution in [1.82, 2.24) is 15.6 Å². The van der Waals surface area contributed by atoms with Crippen LogP contribution in [0.5, 0.6) is 0 Å². The third kappa shape index (κ3) is 5.05. The van der Waals surface area contributed by atoms with Crippen molar-refractivity contribution >= 4 is 11.8 Å². The van der Waals surface area contributed by atoms with Gasteiger partial charge in [-0.3, -0.25) is 0 Å². The first kappa shape index (κ1) is 13.1. The van der Waals surface area contributed by atoms with Gasteiger partial charge in [-0.05, 0) is 33.8 Å². The van der Waals surface area contributed by atoms with E-state index in [-0.39, 0.29) is 0 Å². The van der Waals surface area contributed by atoms with Crippen molar-refractivity contribution < 1.29 is 9.53 Å². The van der Waals surface area contributed by atoms with Crippen LogP contribution >= 0.6 is 0 Å². The summed E-state index contributed by atoms with van der Waals surface area (Å²) in [4.78, 5) is 11.3. The standard InChI is InChI=1S/C11H16N4O2/c1-8(9-5-6-12-13-7-9)14-15-10(16)17-11(2,3)4/h5-7H,1-4H3,(H,15,16). The Labute approximate surface area is 100 Å². The predicted octanol–water partition coefficient (Wildman–Crippen LogP) is 1.73. The topological polar surface area (TPSA) is 76.5 Å². The van der Waals surface area contributed by atoms with Crippen LogP contribution in [0.15, 0.2) is 23.6 Å². The average molecular weight is 236 g/mol. The quantitative estimate of drug-likeness (QED) is 0.626. The van der Waals surface area contributed by atoms with Gasteiger partial charge in [0.2, 0.25) is 0 Å². The van der Waals surface area contributed by atoms with Gasteiger partial charge in [-0.15, -0.1) is 0 Å². The van der Waals surface area contributed by atoms with Gasteiger partial charge in [0, 0.05) is 5.56 Å². The molecule has 0 aliphatic rings. The highest BCUT2D eigenvalue weighted by Crippen LogP contribution is 2.06. The van der Waals surface area contributed by atoms with Crippen LogP contribution in [0.3, 0.4) is 0 Å². The van der Waals surface area contributed by atoms with Crippen molar-refractivity contribution in [3.05, 3.63) is 24.0 Å². The molecule has 0 saturated carbocycles. The molecule has 0 aromatic carbocycles. The zero-order valence-corrected chi connectivity index (χ0v) is 10.4. The van der Waals surface area contributed by atoms with Crippen LogP contribution in [-0.4, -0.2) is 27.6 Å². The molecule has 0 spiro atoms. The second-order valence-electron chi connectivity index (χ2n) is 4.44. The molecule has 1 amide bonds. The molecule has 1 N–H and O–H groups in total. The van der Waals surface area contributed by atoms with E-state index in [4.69, 9.17) is 4.74 Å². The maximum atomic E-state index is 11.3. The van der Waals surface area contributed by atoms with E-state index in [1.807, 2.05) is 0 Å². The molecule has 92 valence electrons. The summed E-state index contributed by atoms with van der Waals surface area (Å²) in [6.07, 6.45) is 2.54. The van der Waals surface area contributed by atoms with Crippen molar-refractivity contribution in [3.8, 4) is 0 Å². The van der Waals surface area contributed by atoms with Crippen LogP contribution in [-0.2, 0) is 4.74 Å². The number of carbonyl (C=O) groups excluding carboxylic acids is 1. The van der Waals surface area contributed by atoms with Gasteiger partial charge in [0.05, 0.1) is 18.1 Å². The fourth-order valence-corrected chi connectivity index (χ4v) is 1.000. The number of hydrogen-bond acceptors (Lipinski definition) is 5. The summed E-state index contributed by atoms with van der Waals surface area (Å²) in [6.45, 7) is 7.12. The van der Waals surface area contributed by atoms with Gasteiger partial charge in [-0.25, -0.2) is 10.2 Å². The number of rotatable bonds is 2.